The molecule has 3 N–H and O–H groups in total. The van der Waals surface area contributed by atoms with E-state index in [4.69, 9.17) is 10.5 Å². The number of benzene rings is 2. The fourth-order valence-corrected chi connectivity index (χ4v) is 2.05. The predicted octanol–water partition coefficient (Wildman–Crippen LogP) is 3.10. The molecule has 100 valence electrons. The van der Waals surface area contributed by atoms with Crippen molar-refractivity contribution in [3.8, 4) is 11.6 Å². The van der Waals surface area contributed by atoms with Gasteiger partial charge in [-0.1, -0.05) is 24.3 Å². The van der Waals surface area contributed by atoms with Crippen molar-refractivity contribution in [1.82, 2.24) is 4.98 Å². The average Bonchev–Trinajstić information content (AvgIpc) is 2.45. The van der Waals surface area contributed by atoms with E-state index in [1.807, 2.05) is 48.5 Å². The van der Waals surface area contributed by atoms with Crippen LogP contribution in [0.1, 0.15) is 5.56 Å². The molecule has 2 aromatic carbocycles. The van der Waals surface area contributed by atoms with E-state index in [9.17, 15) is 5.11 Å². The Bertz CT molecular complexity index is 756. The highest BCUT2D eigenvalue weighted by Crippen LogP contribution is 2.27. The zero-order chi connectivity index (χ0) is 13.9. The van der Waals surface area contributed by atoms with E-state index < -0.39 is 0 Å². The lowest BCUT2D eigenvalue weighted by Crippen LogP contribution is -1.98. The molecule has 0 amide bonds. The molecule has 4 heteroatoms. The summed E-state index contributed by atoms with van der Waals surface area (Å²) < 4.78 is 5.61. The molecule has 0 aliphatic rings. The van der Waals surface area contributed by atoms with E-state index in [2.05, 4.69) is 4.98 Å². The number of pyridine rings is 1. The van der Waals surface area contributed by atoms with Crippen LogP contribution in [0.25, 0.3) is 10.9 Å². The van der Waals surface area contributed by atoms with Crippen LogP contribution in [-0.4, -0.2) is 10.1 Å². The van der Waals surface area contributed by atoms with Crippen LogP contribution in [0.5, 0.6) is 11.6 Å². The maximum atomic E-state index is 9.95. The van der Waals surface area contributed by atoms with Crippen LogP contribution in [0.4, 0.5) is 5.69 Å². The smallest absolute Gasteiger partial charge is 0.217 e. The normalized spacial score (nSPS) is 10.6. The lowest BCUT2D eigenvalue weighted by atomic mass is 10.2. The van der Waals surface area contributed by atoms with Crippen LogP contribution in [-0.2, 0) is 6.61 Å². The summed E-state index contributed by atoms with van der Waals surface area (Å²) in [5, 5.41) is 10.7. The van der Waals surface area contributed by atoms with Crippen LogP contribution < -0.4 is 10.5 Å². The topological polar surface area (TPSA) is 68.4 Å². The third-order valence-electron chi connectivity index (χ3n) is 3.01. The predicted molar refractivity (Wildman–Crippen MR) is 78.6 cm³/mol. The van der Waals surface area contributed by atoms with Crippen LogP contribution in [0.2, 0.25) is 0 Å². The number of para-hydroxylation sites is 1. The Morgan fingerprint density at radius 3 is 2.75 bits per heavy atom. The zero-order valence-electron chi connectivity index (χ0n) is 10.8. The number of aromatic nitrogens is 1. The maximum absolute atomic E-state index is 9.95. The van der Waals surface area contributed by atoms with E-state index >= 15 is 0 Å². The van der Waals surface area contributed by atoms with Gasteiger partial charge in [-0.2, -0.15) is 0 Å². The Kier molecular flexibility index (Phi) is 3.13. The molecule has 0 atom stereocenters. The largest absolute Gasteiger partial charge is 0.507 e. The number of fused-ring (bicyclic) bond motifs is 1. The molecule has 1 aromatic heterocycles. The standard InChI is InChI=1S/C16H14N2O2/c17-12-5-3-4-11(8-12)10-20-16-9-15(19)13-6-1-2-7-14(13)18-16/h1-9H,10,17H2,(H,18,19). The highest BCUT2D eigenvalue weighted by atomic mass is 16.5. The summed E-state index contributed by atoms with van der Waals surface area (Å²) in [5.41, 5.74) is 8.07. The zero-order valence-corrected chi connectivity index (χ0v) is 10.8. The van der Waals surface area contributed by atoms with Gasteiger partial charge in [-0.15, -0.1) is 0 Å². The second-order valence-electron chi connectivity index (χ2n) is 4.53. The van der Waals surface area contributed by atoms with Gasteiger partial charge in [0.2, 0.25) is 5.88 Å². The van der Waals surface area contributed by atoms with Crippen LogP contribution in [0.15, 0.2) is 54.6 Å². The molecule has 0 radical (unpaired) electrons. The van der Waals surface area contributed by atoms with E-state index in [1.54, 1.807) is 0 Å². The van der Waals surface area contributed by atoms with Gasteiger partial charge in [0.25, 0.3) is 0 Å². The number of hydrogen-bond donors (Lipinski definition) is 2. The molecule has 0 aliphatic heterocycles. The molecule has 3 aromatic rings. The summed E-state index contributed by atoms with van der Waals surface area (Å²) in [7, 11) is 0. The molecule has 0 saturated heterocycles. The molecule has 0 aliphatic carbocycles. The summed E-state index contributed by atoms with van der Waals surface area (Å²) in [6.45, 7) is 0.357. The Morgan fingerprint density at radius 2 is 1.90 bits per heavy atom. The summed E-state index contributed by atoms with van der Waals surface area (Å²) in [6, 6.07) is 16.4. The minimum atomic E-state index is 0.165. The van der Waals surface area contributed by atoms with E-state index in [-0.39, 0.29) is 5.75 Å². The van der Waals surface area contributed by atoms with Crippen molar-refractivity contribution in [3.63, 3.8) is 0 Å². The van der Waals surface area contributed by atoms with Crippen LogP contribution in [0.3, 0.4) is 0 Å². The number of nitrogen functional groups attached to an aromatic ring is 1. The van der Waals surface area contributed by atoms with Gasteiger partial charge in [-0.05, 0) is 29.8 Å². The molecule has 0 bridgehead atoms. The summed E-state index contributed by atoms with van der Waals surface area (Å²) >= 11 is 0. The second-order valence-corrected chi connectivity index (χ2v) is 4.53. The molecule has 0 fully saturated rings. The van der Waals surface area contributed by atoms with Gasteiger partial charge in [0.1, 0.15) is 12.4 Å². The maximum Gasteiger partial charge on any atom is 0.217 e. The number of aromatic hydroxyl groups is 1. The van der Waals surface area contributed by atoms with Crippen molar-refractivity contribution in [3.05, 3.63) is 60.2 Å². The van der Waals surface area contributed by atoms with Gasteiger partial charge in [0.15, 0.2) is 0 Å². The van der Waals surface area contributed by atoms with Crippen molar-refractivity contribution >= 4 is 16.6 Å². The first-order valence-corrected chi connectivity index (χ1v) is 6.28. The SMILES string of the molecule is Nc1cccc(COc2cc(O)c3ccccc3n2)c1. The van der Waals surface area contributed by atoms with Gasteiger partial charge in [0.05, 0.1) is 5.52 Å². The number of anilines is 1. The van der Waals surface area contributed by atoms with E-state index in [1.165, 1.54) is 6.07 Å². The summed E-state index contributed by atoms with van der Waals surface area (Å²) in [4.78, 5) is 4.36. The van der Waals surface area contributed by atoms with Crippen molar-refractivity contribution in [2.24, 2.45) is 0 Å². The molecule has 0 spiro atoms. The minimum absolute atomic E-state index is 0.165. The Labute approximate surface area is 116 Å². The first-order valence-electron chi connectivity index (χ1n) is 6.28. The van der Waals surface area contributed by atoms with Gasteiger partial charge >= 0.3 is 0 Å². The minimum Gasteiger partial charge on any atom is -0.507 e. The Hall–Kier alpha value is -2.75. The molecule has 1 heterocycles. The third-order valence-corrected chi connectivity index (χ3v) is 3.01. The molecular formula is C16H14N2O2. The number of nitrogens with two attached hydrogens (primary N) is 1. The fraction of sp³-hybridized carbons (Fsp3) is 0.0625. The summed E-state index contributed by atoms with van der Waals surface area (Å²) in [6.07, 6.45) is 0. The van der Waals surface area contributed by atoms with Gasteiger partial charge in [0, 0.05) is 17.1 Å². The number of hydrogen-bond acceptors (Lipinski definition) is 4. The van der Waals surface area contributed by atoms with Crippen LogP contribution >= 0.6 is 0 Å². The average molecular weight is 266 g/mol. The molecule has 20 heavy (non-hydrogen) atoms. The third kappa shape index (κ3) is 2.49. The van der Waals surface area contributed by atoms with Crippen molar-refractivity contribution in [1.29, 1.82) is 0 Å². The fourth-order valence-electron chi connectivity index (χ4n) is 2.05. The molecule has 3 rings (SSSR count). The Morgan fingerprint density at radius 1 is 1.05 bits per heavy atom. The molecule has 0 saturated carbocycles. The Balaban J connectivity index is 1.84. The van der Waals surface area contributed by atoms with E-state index in [0.717, 1.165) is 5.56 Å². The van der Waals surface area contributed by atoms with Gasteiger partial charge in [-0.3, -0.25) is 0 Å². The monoisotopic (exact) mass is 266 g/mol. The highest BCUT2D eigenvalue weighted by Gasteiger charge is 2.05. The molecular weight excluding hydrogens is 252 g/mol. The van der Waals surface area contributed by atoms with Gasteiger partial charge in [-0.25, -0.2) is 4.98 Å². The summed E-state index contributed by atoms with van der Waals surface area (Å²) in [5.74, 6) is 0.557. The second kappa shape index (κ2) is 5.09. The van der Waals surface area contributed by atoms with Crippen molar-refractivity contribution in [2.45, 2.75) is 6.61 Å². The number of nitrogens with zero attached hydrogens (tertiary/aromatic N) is 1. The lowest BCUT2D eigenvalue weighted by molar-refractivity contribution is 0.293. The first kappa shape index (κ1) is 12.3. The van der Waals surface area contributed by atoms with Crippen molar-refractivity contribution in [2.75, 3.05) is 5.73 Å². The molecule has 4 nitrogen and oxygen atoms in total. The highest BCUT2D eigenvalue weighted by molar-refractivity contribution is 5.85. The lowest BCUT2D eigenvalue weighted by Gasteiger charge is -2.08. The quantitative estimate of drug-likeness (QED) is 0.715. The molecule has 0 unspecified atom stereocenters. The number of rotatable bonds is 3. The first-order chi connectivity index (χ1) is 9.72. The van der Waals surface area contributed by atoms with E-state index in [0.29, 0.717) is 29.1 Å². The number of ether oxygens (including phenoxy) is 1. The van der Waals surface area contributed by atoms with Crippen molar-refractivity contribution < 1.29 is 9.84 Å². The van der Waals surface area contributed by atoms with Gasteiger partial charge < -0.3 is 15.6 Å². The van der Waals surface area contributed by atoms with Crippen LogP contribution in [0, 0.1) is 0 Å².